The van der Waals surface area contributed by atoms with Crippen molar-refractivity contribution in [1.29, 1.82) is 0 Å². The summed E-state index contributed by atoms with van der Waals surface area (Å²) in [4.78, 5) is 22.2. The highest BCUT2D eigenvalue weighted by atomic mass is 16.5. The van der Waals surface area contributed by atoms with Crippen molar-refractivity contribution in [3.8, 4) is 0 Å². The Bertz CT molecular complexity index is 1080. The number of nitrogens with one attached hydrogen (secondary N) is 1. The van der Waals surface area contributed by atoms with Gasteiger partial charge in [0.05, 0.1) is 5.39 Å². The van der Waals surface area contributed by atoms with Gasteiger partial charge in [-0.05, 0) is 42.5 Å². The van der Waals surface area contributed by atoms with Crippen LogP contribution in [0, 0.1) is 0 Å². The quantitative estimate of drug-likeness (QED) is 0.665. The first kappa shape index (κ1) is 18.0. The van der Waals surface area contributed by atoms with Gasteiger partial charge in [-0.1, -0.05) is 30.8 Å². The van der Waals surface area contributed by atoms with E-state index in [0.717, 1.165) is 25.1 Å². The third kappa shape index (κ3) is 3.69. The van der Waals surface area contributed by atoms with Gasteiger partial charge in [0.15, 0.2) is 5.65 Å². The Hall–Kier alpha value is -3.35. The predicted octanol–water partition coefficient (Wildman–Crippen LogP) is 3.14. The van der Waals surface area contributed by atoms with Gasteiger partial charge in [-0.2, -0.15) is 4.98 Å². The monoisotopic (exact) mass is 377 g/mol. The molecule has 28 heavy (non-hydrogen) atoms. The molecule has 0 aliphatic carbocycles. The van der Waals surface area contributed by atoms with E-state index < -0.39 is 5.69 Å². The average Bonchev–Trinajstić information content (AvgIpc) is 2.72. The van der Waals surface area contributed by atoms with Crippen LogP contribution in [0.5, 0.6) is 0 Å². The van der Waals surface area contributed by atoms with Crippen molar-refractivity contribution >= 4 is 16.9 Å². The van der Waals surface area contributed by atoms with E-state index in [2.05, 4.69) is 38.9 Å². The Morgan fingerprint density at radius 3 is 2.89 bits per heavy atom. The third-order valence-corrected chi connectivity index (χ3v) is 5.05. The van der Waals surface area contributed by atoms with Gasteiger partial charge < -0.3 is 15.4 Å². The van der Waals surface area contributed by atoms with Gasteiger partial charge in [-0.15, -0.1) is 4.73 Å². The first-order valence-electron chi connectivity index (χ1n) is 9.43. The van der Waals surface area contributed by atoms with Gasteiger partial charge in [-0.3, -0.25) is 0 Å². The maximum atomic E-state index is 11.9. The lowest BCUT2D eigenvalue weighted by Crippen LogP contribution is -2.26. The molecule has 0 unspecified atom stereocenters. The number of fused-ring (bicyclic) bond motifs is 1. The van der Waals surface area contributed by atoms with Crippen LogP contribution in [0.25, 0.3) is 11.0 Å². The van der Waals surface area contributed by atoms with Gasteiger partial charge in [0.2, 0.25) is 0 Å². The minimum absolute atomic E-state index is 0.183. The van der Waals surface area contributed by atoms with E-state index in [0.29, 0.717) is 22.5 Å². The molecular formula is C21H23N5O2. The molecular weight excluding hydrogens is 354 g/mol. The average molecular weight is 377 g/mol. The molecule has 7 heteroatoms. The van der Waals surface area contributed by atoms with Crippen LogP contribution in [0.15, 0.2) is 59.7 Å². The number of likely N-dealkylation sites (tertiary alicyclic amines) is 1. The number of piperidine rings is 1. The second kappa shape index (κ2) is 7.72. The van der Waals surface area contributed by atoms with Crippen molar-refractivity contribution in [2.75, 3.05) is 11.9 Å². The summed E-state index contributed by atoms with van der Waals surface area (Å²) >= 11 is 0. The molecule has 4 rings (SSSR count). The Morgan fingerprint density at radius 1 is 1.18 bits per heavy atom. The van der Waals surface area contributed by atoms with E-state index in [1.807, 2.05) is 12.1 Å². The number of allylic oxidation sites excluding steroid dienone is 1. The Kier molecular flexibility index (Phi) is 4.97. The van der Waals surface area contributed by atoms with Gasteiger partial charge in [0.25, 0.3) is 0 Å². The van der Waals surface area contributed by atoms with Crippen LogP contribution >= 0.6 is 0 Å². The number of benzene rings is 1. The van der Waals surface area contributed by atoms with Gasteiger partial charge in [-0.25, -0.2) is 9.78 Å². The zero-order valence-corrected chi connectivity index (χ0v) is 15.6. The smallest absolute Gasteiger partial charge is 0.384 e. The summed E-state index contributed by atoms with van der Waals surface area (Å²) in [7, 11) is 0. The number of hydrogen-bond donors (Lipinski definition) is 2. The molecule has 3 aromatic rings. The van der Waals surface area contributed by atoms with Gasteiger partial charge >= 0.3 is 5.69 Å². The predicted molar refractivity (Wildman–Crippen MR) is 108 cm³/mol. The number of rotatable bonds is 5. The molecule has 0 radical (unpaired) electrons. The van der Waals surface area contributed by atoms with Gasteiger partial charge in [0, 0.05) is 31.5 Å². The minimum atomic E-state index is -0.758. The zero-order valence-electron chi connectivity index (χ0n) is 15.6. The number of aromatic nitrogens is 3. The second-order valence-electron chi connectivity index (χ2n) is 7.05. The van der Waals surface area contributed by atoms with Crippen LogP contribution in [-0.4, -0.2) is 31.4 Å². The molecule has 1 fully saturated rings. The Balaban J connectivity index is 1.52. The van der Waals surface area contributed by atoms with Crippen molar-refractivity contribution in [2.45, 2.75) is 32.4 Å². The molecule has 0 bridgehead atoms. The lowest BCUT2D eigenvalue weighted by Gasteiger charge is -2.31. The summed E-state index contributed by atoms with van der Waals surface area (Å²) in [5.41, 5.74) is 2.95. The number of hydrogen-bond acceptors (Lipinski definition) is 6. The highest BCUT2D eigenvalue weighted by molar-refractivity contribution is 5.86. The molecule has 0 saturated carbocycles. The zero-order chi connectivity index (χ0) is 19.5. The molecule has 2 aromatic heterocycles. The first-order chi connectivity index (χ1) is 13.6. The maximum Gasteiger partial charge on any atom is 0.384 e. The topological polar surface area (TPSA) is 83.3 Å². The molecule has 7 nitrogen and oxygen atoms in total. The molecule has 144 valence electrons. The number of pyridine rings is 1. The summed E-state index contributed by atoms with van der Waals surface area (Å²) in [5, 5.41) is 13.6. The fourth-order valence-electron chi connectivity index (χ4n) is 3.56. The normalized spacial score (nSPS) is 14.4. The molecule has 2 N–H and O–H groups in total. The fourth-order valence-corrected chi connectivity index (χ4v) is 3.56. The highest BCUT2D eigenvalue weighted by Gasteiger charge is 2.14. The van der Waals surface area contributed by atoms with E-state index >= 15 is 0 Å². The highest BCUT2D eigenvalue weighted by Crippen LogP contribution is 2.22. The fraction of sp³-hybridized carbons (Fsp3) is 0.286. The van der Waals surface area contributed by atoms with E-state index in [1.165, 1.54) is 30.3 Å². The molecule has 3 heterocycles. The van der Waals surface area contributed by atoms with Crippen molar-refractivity contribution in [2.24, 2.45) is 0 Å². The molecule has 0 amide bonds. The van der Waals surface area contributed by atoms with Crippen molar-refractivity contribution in [3.63, 3.8) is 0 Å². The minimum Gasteiger partial charge on any atom is -0.422 e. The van der Waals surface area contributed by atoms with Gasteiger partial charge in [0.1, 0.15) is 5.82 Å². The van der Waals surface area contributed by atoms with E-state index in [-0.39, 0.29) is 5.65 Å². The standard InChI is InChI=1S/C21H23N5O2/c1-15-6-2-3-11-25(15)14-17-8-4-7-16(12-17)13-23-19-18-9-5-10-22-20(18)26(28)21(27)24-19/h4-5,7-10,12,28H,1-3,6,11,13-14H2,(H,23,24,27). The van der Waals surface area contributed by atoms with Crippen LogP contribution in [-0.2, 0) is 13.1 Å². The molecule has 1 saturated heterocycles. The lowest BCUT2D eigenvalue weighted by atomic mass is 10.1. The molecule has 1 aliphatic heterocycles. The largest absolute Gasteiger partial charge is 0.422 e. The molecule has 0 atom stereocenters. The van der Waals surface area contributed by atoms with Crippen molar-refractivity contribution in [1.82, 2.24) is 19.6 Å². The van der Waals surface area contributed by atoms with Crippen LogP contribution in [0.3, 0.4) is 0 Å². The van der Waals surface area contributed by atoms with Crippen molar-refractivity contribution < 1.29 is 5.21 Å². The van der Waals surface area contributed by atoms with E-state index in [1.54, 1.807) is 12.1 Å². The summed E-state index contributed by atoms with van der Waals surface area (Å²) < 4.78 is 0.465. The first-order valence-corrected chi connectivity index (χ1v) is 9.43. The number of anilines is 1. The summed E-state index contributed by atoms with van der Waals surface area (Å²) in [6.07, 6.45) is 5.03. The summed E-state index contributed by atoms with van der Waals surface area (Å²) in [5.74, 6) is 0.410. The maximum absolute atomic E-state index is 11.9. The molecule has 1 aromatic carbocycles. The molecule has 1 aliphatic rings. The van der Waals surface area contributed by atoms with Crippen LogP contribution in [0.4, 0.5) is 5.82 Å². The number of nitrogens with zero attached hydrogens (tertiary/aromatic N) is 4. The van der Waals surface area contributed by atoms with E-state index in [4.69, 9.17) is 0 Å². The molecule has 0 spiro atoms. The van der Waals surface area contributed by atoms with Crippen molar-refractivity contribution in [3.05, 3.63) is 76.5 Å². The van der Waals surface area contributed by atoms with E-state index in [9.17, 15) is 10.0 Å². The van der Waals surface area contributed by atoms with Crippen LogP contribution in [0.1, 0.15) is 30.4 Å². The third-order valence-electron chi connectivity index (χ3n) is 5.05. The Labute approximate surface area is 162 Å². The lowest BCUT2D eigenvalue weighted by molar-refractivity contribution is 0.182. The SMILES string of the molecule is C=C1CCCCN1Cc1cccc(CNc2nc(=O)n(O)c3ncccc23)c1. The summed E-state index contributed by atoms with van der Waals surface area (Å²) in [6, 6.07) is 11.9. The summed E-state index contributed by atoms with van der Waals surface area (Å²) in [6.45, 7) is 6.61. The second-order valence-corrected chi connectivity index (χ2v) is 7.05. The Morgan fingerprint density at radius 2 is 2.04 bits per heavy atom. The van der Waals surface area contributed by atoms with Crippen LogP contribution in [0.2, 0.25) is 0 Å². The van der Waals surface area contributed by atoms with Crippen LogP contribution < -0.4 is 11.0 Å².